The Kier molecular flexibility index (Phi) is 4.70. The Morgan fingerprint density at radius 1 is 0.800 bits per heavy atom. The maximum atomic E-state index is 11.2. The largest absolute Gasteiger partial charge is 0.366 e. The molecule has 4 nitrogen and oxygen atoms in total. The summed E-state index contributed by atoms with van der Waals surface area (Å²) in [6, 6.07) is 21.4. The third kappa shape index (κ3) is 3.80. The van der Waals surface area contributed by atoms with Gasteiger partial charge in [-0.25, -0.2) is 0 Å². The van der Waals surface area contributed by atoms with Crippen LogP contribution in [0.4, 0.5) is 0 Å². The maximum Gasteiger partial charge on any atom is 0.249 e. The van der Waals surface area contributed by atoms with E-state index in [0.29, 0.717) is 5.56 Å². The Morgan fingerprint density at radius 3 is 2.20 bits per heavy atom. The third-order valence-corrected chi connectivity index (χ3v) is 3.85. The molecule has 2 aromatic heterocycles. The third-order valence-electron chi connectivity index (χ3n) is 3.85. The van der Waals surface area contributed by atoms with Gasteiger partial charge in [0.25, 0.3) is 0 Å². The summed E-state index contributed by atoms with van der Waals surface area (Å²) < 4.78 is 0. The van der Waals surface area contributed by atoms with Crippen LogP contribution < -0.4 is 5.73 Å². The van der Waals surface area contributed by atoms with Crippen LogP contribution >= 0.6 is 0 Å². The standard InChI is InChI=1S/C11H10N2O.C10H9N/c1-7-6-9(11(12)14)8-4-2-3-5-10(8)13-7;1-8-6-7-9-4-2-3-5-10(9)11-8/h2-6H,1H3,(H2,12,14);2-7H,1H3. The summed E-state index contributed by atoms with van der Waals surface area (Å²) in [6.45, 7) is 3.85. The maximum absolute atomic E-state index is 11.2. The number of benzene rings is 2. The molecule has 0 radical (unpaired) electrons. The molecule has 0 saturated heterocycles. The minimum atomic E-state index is -0.410. The van der Waals surface area contributed by atoms with Crippen LogP contribution in [0.25, 0.3) is 21.8 Å². The lowest BCUT2D eigenvalue weighted by Crippen LogP contribution is -2.12. The number of aryl methyl sites for hydroxylation is 2. The van der Waals surface area contributed by atoms with Crippen molar-refractivity contribution in [2.75, 3.05) is 0 Å². The van der Waals surface area contributed by atoms with Crippen molar-refractivity contribution in [3.63, 3.8) is 0 Å². The molecular weight excluding hydrogens is 310 g/mol. The SMILES string of the molecule is Cc1cc(C(N)=O)c2ccccc2n1.Cc1ccc2ccccc2n1. The van der Waals surface area contributed by atoms with Crippen LogP contribution in [0.1, 0.15) is 21.7 Å². The molecule has 0 unspecified atom stereocenters. The minimum absolute atomic E-state index is 0.410. The molecule has 0 atom stereocenters. The monoisotopic (exact) mass is 329 g/mol. The van der Waals surface area contributed by atoms with E-state index < -0.39 is 5.91 Å². The molecule has 4 heteroatoms. The van der Waals surface area contributed by atoms with Crippen LogP contribution in [0.15, 0.2) is 66.7 Å². The van der Waals surface area contributed by atoms with Gasteiger partial charge in [-0.1, -0.05) is 42.5 Å². The smallest absolute Gasteiger partial charge is 0.249 e. The second-order valence-electron chi connectivity index (χ2n) is 5.84. The number of carbonyl (C=O) groups is 1. The van der Waals surface area contributed by atoms with Crippen molar-refractivity contribution in [2.24, 2.45) is 5.73 Å². The van der Waals surface area contributed by atoms with Crippen molar-refractivity contribution in [3.8, 4) is 0 Å². The van der Waals surface area contributed by atoms with E-state index in [1.165, 1.54) is 5.39 Å². The lowest BCUT2D eigenvalue weighted by Gasteiger charge is -2.03. The van der Waals surface area contributed by atoms with Gasteiger partial charge in [-0.2, -0.15) is 0 Å². The number of hydrogen-bond acceptors (Lipinski definition) is 3. The van der Waals surface area contributed by atoms with Gasteiger partial charge in [-0.05, 0) is 38.1 Å². The summed E-state index contributed by atoms with van der Waals surface area (Å²) in [4.78, 5) is 19.8. The zero-order valence-corrected chi connectivity index (χ0v) is 14.2. The quantitative estimate of drug-likeness (QED) is 0.569. The molecule has 2 aromatic carbocycles. The number of primary amides is 1. The van der Waals surface area contributed by atoms with E-state index in [1.54, 1.807) is 6.07 Å². The summed E-state index contributed by atoms with van der Waals surface area (Å²) in [6.07, 6.45) is 0. The van der Waals surface area contributed by atoms with Crippen molar-refractivity contribution in [1.29, 1.82) is 0 Å². The first-order valence-corrected chi connectivity index (χ1v) is 8.03. The number of hydrogen-bond donors (Lipinski definition) is 1. The van der Waals surface area contributed by atoms with E-state index in [4.69, 9.17) is 5.73 Å². The molecular formula is C21H19N3O. The molecule has 0 aliphatic rings. The zero-order valence-electron chi connectivity index (χ0n) is 14.2. The summed E-state index contributed by atoms with van der Waals surface area (Å²) in [7, 11) is 0. The molecule has 0 fully saturated rings. The molecule has 4 rings (SSSR count). The first-order chi connectivity index (χ1) is 12.0. The fourth-order valence-electron chi connectivity index (χ4n) is 2.68. The Balaban J connectivity index is 0.000000150. The normalized spacial score (nSPS) is 10.3. The number of para-hydroxylation sites is 2. The van der Waals surface area contributed by atoms with Crippen LogP contribution in [0.5, 0.6) is 0 Å². The van der Waals surface area contributed by atoms with Crippen molar-refractivity contribution in [1.82, 2.24) is 9.97 Å². The van der Waals surface area contributed by atoms with E-state index in [9.17, 15) is 4.79 Å². The molecule has 0 spiro atoms. The lowest BCUT2D eigenvalue weighted by molar-refractivity contribution is 0.100. The summed E-state index contributed by atoms with van der Waals surface area (Å²) in [5.74, 6) is -0.410. The molecule has 0 bridgehead atoms. The highest BCUT2D eigenvalue weighted by Gasteiger charge is 2.07. The van der Waals surface area contributed by atoms with E-state index in [1.807, 2.05) is 62.4 Å². The van der Waals surface area contributed by atoms with E-state index in [2.05, 4.69) is 22.1 Å². The number of nitrogens with two attached hydrogens (primary N) is 1. The van der Waals surface area contributed by atoms with Gasteiger partial charge in [0, 0.05) is 22.2 Å². The van der Waals surface area contributed by atoms with Gasteiger partial charge < -0.3 is 5.73 Å². The predicted octanol–water partition coefficient (Wildman–Crippen LogP) is 4.19. The van der Waals surface area contributed by atoms with Crippen LogP contribution in [0.3, 0.4) is 0 Å². The zero-order chi connectivity index (χ0) is 17.8. The first-order valence-electron chi connectivity index (χ1n) is 8.03. The molecule has 25 heavy (non-hydrogen) atoms. The highest BCUT2D eigenvalue weighted by Crippen LogP contribution is 2.17. The summed E-state index contributed by atoms with van der Waals surface area (Å²) >= 11 is 0. The second-order valence-corrected chi connectivity index (χ2v) is 5.84. The van der Waals surface area contributed by atoms with Crippen molar-refractivity contribution >= 4 is 27.7 Å². The Hall–Kier alpha value is -3.27. The number of carbonyl (C=O) groups excluding carboxylic acids is 1. The van der Waals surface area contributed by atoms with E-state index in [-0.39, 0.29) is 0 Å². The molecule has 0 aliphatic carbocycles. The van der Waals surface area contributed by atoms with Crippen LogP contribution in [-0.2, 0) is 0 Å². The van der Waals surface area contributed by atoms with Gasteiger partial charge in [-0.3, -0.25) is 14.8 Å². The number of nitrogens with zero attached hydrogens (tertiary/aromatic N) is 2. The fraction of sp³-hybridized carbons (Fsp3) is 0.0952. The molecule has 2 heterocycles. The molecule has 124 valence electrons. The fourth-order valence-corrected chi connectivity index (χ4v) is 2.68. The van der Waals surface area contributed by atoms with Crippen LogP contribution in [0.2, 0.25) is 0 Å². The Bertz CT molecular complexity index is 1060. The second kappa shape index (κ2) is 7.09. The number of pyridine rings is 2. The average Bonchev–Trinajstić information content (AvgIpc) is 2.61. The Labute approximate surface area is 146 Å². The predicted molar refractivity (Wildman–Crippen MR) is 101 cm³/mol. The van der Waals surface area contributed by atoms with Gasteiger partial charge in [0.1, 0.15) is 0 Å². The van der Waals surface area contributed by atoms with Gasteiger partial charge in [0.05, 0.1) is 16.6 Å². The van der Waals surface area contributed by atoms with E-state index in [0.717, 1.165) is 27.8 Å². The van der Waals surface area contributed by atoms with Crippen molar-refractivity contribution < 1.29 is 4.79 Å². The topological polar surface area (TPSA) is 68.9 Å². The van der Waals surface area contributed by atoms with Crippen molar-refractivity contribution in [2.45, 2.75) is 13.8 Å². The molecule has 0 aliphatic heterocycles. The summed E-state index contributed by atoms with van der Waals surface area (Å²) in [5, 5.41) is 2.02. The highest BCUT2D eigenvalue weighted by molar-refractivity contribution is 6.05. The van der Waals surface area contributed by atoms with E-state index >= 15 is 0 Å². The number of fused-ring (bicyclic) bond motifs is 2. The highest BCUT2D eigenvalue weighted by atomic mass is 16.1. The molecule has 2 N–H and O–H groups in total. The van der Waals surface area contributed by atoms with Gasteiger partial charge in [0.15, 0.2) is 0 Å². The molecule has 4 aromatic rings. The van der Waals surface area contributed by atoms with Gasteiger partial charge in [0.2, 0.25) is 5.91 Å². The summed E-state index contributed by atoms with van der Waals surface area (Å²) in [5.41, 5.74) is 9.58. The number of aromatic nitrogens is 2. The van der Waals surface area contributed by atoms with Crippen LogP contribution in [-0.4, -0.2) is 15.9 Å². The van der Waals surface area contributed by atoms with Crippen molar-refractivity contribution in [3.05, 3.63) is 83.7 Å². The minimum Gasteiger partial charge on any atom is -0.366 e. The molecule has 0 saturated carbocycles. The average molecular weight is 329 g/mol. The number of rotatable bonds is 1. The van der Waals surface area contributed by atoms with Crippen LogP contribution in [0, 0.1) is 13.8 Å². The lowest BCUT2D eigenvalue weighted by atomic mass is 10.1. The van der Waals surface area contributed by atoms with Gasteiger partial charge >= 0.3 is 0 Å². The number of amides is 1. The van der Waals surface area contributed by atoms with Gasteiger partial charge in [-0.15, -0.1) is 0 Å². The Morgan fingerprint density at radius 2 is 1.44 bits per heavy atom. The first kappa shape index (κ1) is 16.6. The molecule has 1 amide bonds.